The number of nitro groups is 1. The molecule has 0 atom stereocenters. The number of hydrogen-bond donors (Lipinski definition) is 1. The van der Waals surface area contributed by atoms with Gasteiger partial charge in [-0.3, -0.25) is 14.9 Å². The number of benzene rings is 2. The first-order valence-electron chi connectivity index (χ1n) is 8.80. The van der Waals surface area contributed by atoms with Crippen LogP contribution in [0.3, 0.4) is 0 Å². The zero-order valence-corrected chi connectivity index (χ0v) is 15.9. The molecule has 0 saturated carbocycles. The highest BCUT2D eigenvalue weighted by Crippen LogP contribution is 2.30. The summed E-state index contributed by atoms with van der Waals surface area (Å²) < 4.78 is 11.1. The molecular formula is C21H19N3O5. The number of carbonyl (C=O) groups excluding carboxylic acids is 1. The molecule has 0 aliphatic rings. The fourth-order valence-electron chi connectivity index (χ4n) is 2.72. The molecule has 0 unspecified atom stereocenters. The van der Waals surface area contributed by atoms with E-state index < -0.39 is 10.8 Å². The van der Waals surface area contributed by atoms with Gasteiger partial charge in [-0.2, -0.15) is 5.10 Å². The number of furan rings is 1. The van der Waals surface area contributed by atoms with Crippen molar-refractivity contribution >= 4 is 17.8 Å². The molecule has 2 aromatic carbocycles. The SMILES string of the molecule is Cc1ccccc1OCC(=O)N/N=C\c1ccc(-c2cccc([N+](=O)[O-])c2C)o1. The quantitative estimate of drug-likeness (QED) is 0.371. The summed E-state index contributed by atoms with van der Waals surface area (Å²) in [4.78, 5) is 22.5. The molecule has 0 saturated heterocycles. The molecule has 1 N–H and O–H groups in total. The first kappa shape index (κ1) is 19.8. The molecule has 0 fully saturated rings. The van der Waals surface area contributed by atoms with Gasteiger partial charge in [-0.05, 0) is 37.6 Å². The predicted octanol–water partition coefficient (Wildman–Crippen LogP) is 4.00. The normalized spacial score (nSPS) is 10.8. The smallest absolute Gasteiger partial charge is 0.277 e. The minimum absolute atomic E-state index is 0.0232. The van der Waals surface area contributed by atoms with E-state index in [0.29, 0.717) is 28.4 Å². The fraction of sp³-hybridized carbons (Fsp3) is 0.143. The molecule has 1 heterocycles. The van der Waals surface area contributed by atoms with Crippen molar-refractivity contribution in [2.45, 2.75) is 13.8 Å². The number of ether oxygens (including phenoxy) is 1. The van der Waals surface area contributed by atoms with Gasteiger partial charge in [0.15, 0.2) is 6.61 Å². The Morgan fingerprint density at radius 1 is 1.17 bits per heavy atom. The van der Waals surface area contributed by atoms with Crippen molar-refractivity contribution in [2.24, 2.45) is 5.10 Å². The van der Waals surface area contributed by atoms with E-state index in [1.807, 2.05) is 25.1 Å². The molecule has 8 heteroatoms. The molecule has 0 bridgehead atoms. The molecule has 29 heavy (non-hydrogen) atoms. The number of nitrogens with zero attached hydrogens (tertiary/aromatic N) is 2. The summed E-state index contributed by atoms with van der Waals surface area (Å²) in [6.07, 6.45) is 1.35. The average molecular weight is 393 g/mol. The van der Waals surface area contributed by atoms with Crippen LogP contribution in [0.25, 0.3) is 11.3 Å². The highest BCUT2D eigenvalue weighted by Gasteiger charge is 2.16. The second kappa shape index (κ2) is 8.83. The number of hydrazone groups is 1. The van der Waals surface area contributed by atoms with Gasteiger partial charge < -0.3 is 9.15 Å². The third-order valence-corrected chi connectivity index (χ3v) is 4.23. The summed E-state index contributed by atoms with van der Waals surface area (Å²) in [5, 5.41) is 14.9. The van der Waals surface area contributed by atoms with E-state index >= 15 is 0 Å². The summed E-state index contributed by atoms with van der Waals surface area (Å²) >= 11 is 0. The van der Waals surface area contributed by atoms with Crippen LogP contribution in [-0.2, 0) is 4.79 Å². The molecule has 1 aromatic heterocycles. The number of hydrogen-bond acceptors (Lipinski definition) is 6. The summed E-state index contributed by atoms with van der Waals surface area (Å²) in [7, 11) is 0. The monoisotopic (exact) mass is 393 g/mol. The fourth-order valence-corrected chi connectivity index (χ4v) is 2.72. The maximum atomic E-state index is 11.8. The van der Waals surface area contributed by atoms with E-state index in [0.717, 1.165) is 5.56 Å². The van der Waals surface area contributed by atoms with E-state index in [-0.39, 0.29) is 12.3 Å². The van der Waals surface area contributed by atoms with E-state index in [9.17, 15) is 14.9 Å². The van der Waals surface area contributed by atoms with Crippen LogP contribution in [0.1, 0.15) is 16.9 Å². The van der Waals surface area contributed by atoms with Gasteiger partial charge in [0.25, 0.3) is 11.6 Å². The Hall–Kier alpha value is -3.94. The second-order valence-corrected chi connectivity index (χ2v) is 6.26. The number of carbonyl (C=O) groups is 1. The molecule has 148 valence electrons. The highest BCUT2D eigenvalue weighted by atomic mass is 16.6. The van der Waals surface area contributed by atoms with Crippen molar-refractivity contribution < 1.29 is 18.9 Å². The highest BCUT2D eigenvalue weighted by molar-refractivity contribution is 5.82. The Balaban J connectivity index is 1.60. The zero-order valence-electron chi connectivity index (χ0n) is 15.9. The molecule has 0 aliphatic heterocycles. The van der Waals surface area contributed by atoms with Crippen LogP contribution in [-0.4, -0.2) is 23.7 Å². The largest absolute Gasteiger partial charge is 0.483 e. The van der Waals surface area contributed by atoms with E-state index in [4.69, 9.17) is 9.15 Å². The maximum Gasteiger partial charge on any atom is 0.277 e. The molecule has 8 nitrogen and oxygen atoms in total. The van der Waals surface area contributed by atoms with Crippen molar-refractivity contribution in [3.05, 3.63) is 81.6 Å². The summed E-state index contributed by atoms with van der Waals surface area (Å²) in [5.41, 5.74) is 4.45. The Labute approximate surface area is 167 Å². The average Bonchev–Trinajstić information content (AvgIpc) is 3.16. The lowest BCUT2D eigenvalue weighted by molar-refractivity contribution is -0.385. The third kappa shape index (κ3) is 4.86. The van der Waals surface area contributed by atoms with Crippen molar-refractivity contribution in [2.75, 3.05) is 6.61 Å². The molecule has 0 aliphatic carbocycles. The summed E-state index contributed by atoms with van der Waals surface area (Å²) in [6.45, 7) is 3.39. The number of aryl methyl sites for hydroxylation is 1. The van der Waals surface area contributed by atoms with Gasteiger partial charge in [-0.15, -0.1) is 0 Å². The van der Waals surface area contributed by atoms with Gasteiger partial charge in [0.2, 0.25) is 0 Å². The van der Waals surface area contributed by atoms with Crippen molar-refractivity contribution in [1.82, 2.24) is 5.43 Å². The van der Waals surface area contributed by atoms with Crippen LogP contribution in [0.15, 0.2) is 64.1 Å². The standard InChI is InChI=1S/C21H19N3O5/c1-14-6-3-4-9-19(14)28-13-21(25)23-22-12-16-10-11-20(29-16)17-7-5-8-18(15(17)2)24(26)27/h3-12H,13H2,1-2H3,(H,23,25)/b22-12-. The zero-order chi connectivity index (χ0) is 20.8. The Morgan fingerprint density at radius 2 is 1.97 bits per heavy atom. The minimum Gasteiger partial charge on any atom is -0.483 e. The molecular weight excluding hydrogens is 374 g/mol. The Morgan fingerprint density at radius 3 is 2.72 bits per heavy atom. The molecule has 0 spiro atoms. The second-order valence-electron chi connectivity index (χ2n) is 6.26. The van der Waals surface area contributed by atoms with Gasteiger partial charge in [-0.1, -0.05) is 30.3 Å². The number of rotatable bonds is 7. The van der Waals surface area contributed by atoms with Gasteiger partial charge >= 0.3 is 0 Å². The van der Waals surface area contributed by atoms with Gasteiger partial charge in [0.1, 0.15) is 17.3 Å². The summed E-state index contributed by atoms with van der Waals surface area (Å²) in [5.74, 6) is 1.09. The Kier molecular flexibility index (Phi) is 6.03. The first-order valence-corrected chi connectivity index (χ1v) is 8.80. The number of nitrogens with one attached hydrogen (secondary N) is 1. The van der Waals surface area contributed by atoms with Crippen LogP contribution < -0.4 is 10.2 Å². The molecule has 3 aromatic rings. The first-order chi connectivity index (χ1) is 14.0. The van der Waals surface area contributed by atoms with Crippen LogP contribution in [0.4, 0.5) is 5.69 Å². The van der Waals surface area contributed by atoms with Crippen molar-refractivity contribution in [3.8, 4) is 17.1 Å². The lowest BCUT2D eigenvalue weighted by Gasteiger charge is -2.07. The number of para-hydroxylation sites is 1. The Bertz CT molecular complexity index is 1070. The molecule has 3 rings (SSSR count). The van der Waals surface area contributed by atoms with E-state index in [2.05, 4.69) is 10.5 Å². The van der Waals surface area contributed by atoms with Crippen LogP contribution in [0, 0.1) is 24.0 Å². The van der Waals surface area contributed by atoms with E-state index in [1.54, 1.807) is 37.3 Å². The number of amides is 1. The van der Waals surface area contributed by atoms with Crippen LogP contribution in [0.5, 0.6) is 5.75 Å². The number of nitro benzene ring substituents is 1. The lowest BCUT2D eigenvalue weighted by atomic mass is 10.1. The predicted molar refractivity (Wildman–Crippen MR) is 108 cm³/mol. The van der Waals surface area contributed by atoms with Crippen LogP contribution in [0.2, 0.25) is 0 Å². The van der Waals surface area contributed by atoms with Crippen molar-refractivity contribution in [1.29, 1.82) is 0 Å². The molecule has 0 radical (unpaired) electrons. The summed E-state index contributed by atoms with van der Waals surface area (Å²) in [6, 6.07) is 15.5. The lowest BCUT2D eigenvalue weighted by Crippen LogP contribution is -2.24. The van der Waals surface area contributed by atoms with E-state index in [1.165, 1.54) is 12.3 Å². The van der Waals surface area contributed by atoms with Gasteiger partial charge in [0, 0.05) is 17.2 Å². The minimum atomic E-state index is -0.432. The van der Waals surface area contributed by atoms with Crippen LogP contribution >= 0.6 is 0 Å². The third-order valence-electron chi connectivity index (χ3n) is 4.23. The van der Waals surface area contributed by atoms with Gasteiger partial charge in [-0.25, -0.2) is 5.43 Å². The molecule has 1 amide bonds. The maximum absolute atomic E-state index is 11.8. The topological polar surface area (TPSA) is 107 Å². The van der Waals surface area contributed by atoms with Crippen molar-refractivity contribution in [3.63, 3.8) is 0 Å². The van der Waals surface area contributed by atoms with Gasteiger partial charge in [0.05, 0.1) is 11.1 Å².